The van der Waals surface area contributed by atoms with E-state index in [9.17, 15) is 14.4 Å². The van der Waals surface area contributed by atoms with Crippen molar-refractivity contribution >= 4 is 18.0 Å². The summed E-state index contributed by atoms with van der Waals surface area (Å²) in [5, 5.41) is 0. The van der Waals surface area contributed by atoms with Crippen LogP contribution in [0.15, 0.2) is 12.1 Å². The molecule has 1 heterocycles. The molecule has 0 aromatic heterocycles. The SMILES string of the molecule is COC(=O)C[C@@H](CN1CCc2cc(OC)c(OC)cc2C1)N(COC(C)=O)C(=O)OC. The fourth-order valence-electron chi connectivity index (χ4n) is 3.53. The minimum Gasteiger partial charge on any atom is -0.493 e. The first kappa shape index (κ1) is 24.3. The van der Waals surface area contributed by atoms with E-state index >= 15 is 0 Å². The van der Waals surface area contributed by atoms with Crippen molar-refractivity contribution in [1.82, 2.24) is 9.80 Å². The lowest BCUT2D eigenvalue weighted by Crippen LogP contribution is -2.50. The van der Waals surface area contributed by atoms with Crippen LogP contribution in [0.5, 0.6) is 11.5 Å². The summed E-state index contributed by atoms with van der Waals surface area (Å²) in [7, 11) is 5.70. The van der Waals surface area contributed by atoms with E-state index < -0.39 is 24.1 Å². The molecule has 10 heteroatoms. The predicted octanol–water partition coefficient (Wildman–Crippen LogP) is 1.58. The van der Waals surface area contributed by atoms with Crippen molar-refractivity contribution in [2.45, 2.75) is 32.4 Å². The third-order valence-corrected chi connectivity index (χ3v) is 5.15. The number of hydrogen-bond donors (Lipinski definition) is 0. The Morgan fingerprint density at radius 3 is 2.23 bits per heavy atom. The minimum atomic E-state index is -0.695. The Balaban J connectivity index is 2.23. The van der Waals surface area contributed by atoms with Crippen LogP contribution in [0.25, 0.3) is 0 Å². The van der Waals surface area contributed by atoms with Gasteiger partial charge in [-0.05, 0) is 29.7 Å². The van der Waals surface area contributed by atoms with Crippen molar-refractivity contribution in [2.75, 3.05) is 48.3 Å². The molecule has 1 aromatic rings. The van der Waals surface area contributed by atoms with Crippen LogP contribution in [0.4, 0.5) is 4.79 Å². The predicted molar refractivity (Wildman–Crippen MR) is 110 cm³/mol. The van der Waals surface area contributed by atoms with Gasteiger partial charge in [-0.25, -0.2) is 4.79 Å². The van der Waals surface area contributed by atoms with E-state index in [0.29, 0.717) is 31.1 Å². The molecule has 0 unspecified atom stereocenters. The Bertz CT molecular complexity index is 798. The van der Waals surface area contributed by atoms with Crippen molar-refractivity contribution in [1.29, 1.82) is 0 Å². The smallest absolute Gasteiger partial charge is 0.412 e. The van der Waals surface area contributed by atoms with Crippen LogP contribution < -0.4 is 9.47 Å². The van der Waals surface area contributed by atoms with Crippen LogP contribution in [0, 0.1) is 0 Å². The van der Waals surface area contributed by atoms with E-state index in [1.807, 2.05) is 12.1 Å². The van der Waals surface area contributed by atoms with Gasteiger partial charge in [0, 0.05) is 26.6 Å². The largest absolute Gasteiger partial charge is 0.493 e. The van der Waals surface area contributed by atoms with E-state index in [4.69, 9.17) is 23.7 Å². The highest BCUT2D eigenvalue weighted by Crippen LogP contribution is 2.33. The molecule has 0 bridgehead atoms. The van der Waals surface area contributed by atoms with Crippen molar-refractivity contribution in [3.63, 3.8) is 0 Å². The summed E-state index contributed by atoms with van der Waals surface area (Å²) in [6.07, 6.45) is 0.00396. The molecular formula is C21H30N2O8. The van der Waals surface area contributed by atoms with E-state index in [1.165, 1.54) is 26.0 Å². The fourth-order valence-corrected chi connectivity index (χ4v) is 3.53. The zero-order valence-corrected chi connectivity index (χ0v) is 18.6. The van der Waals surface area contributed by atoms with Gasteiger partial charge in [0.25, 0.3) is 0 Å². The summed E-state index contributed by atoms with van der Waals surface area (Å²) >= 11 is 0. The molecule has 0 N–H and O–H groups in total. The van der Waals surface area contributed by atoms with Crippen LogP contribution in [0.1, 0.15) is 24.5 Å². The van der Waals surface area contributed by atoms with E-state index in [0.717, 1.165) is 17.5 Å². The Labute approximate surface area is 181 Å². The topological polar surface area (TPSA) is 104 Å². The molecule has 0 saturated carbocycles. The first-order valence-electron chi connectivity index (χ1n) is 9.83. The third kappa shape index (κ3) is 6.48. The van der Waals surface area contributed by atoms with Gasteiger partial charge >= 0.3 is 18.0 Å². The lowest BCUT2D eigenvalue weighted by atomic mass is 9.98. The summed E-state index contributed by atoms with van der Waals surface area (Å²) in [6, 6.07) is 3.30. The monoisotopic (exact) mass is 438 g/mol. The molecule has 1 atom stereocenters. The highest BCUT2D eigenvalue weighted by atomic mass is 16.6. The zero-order valence-electron chi connectivity index (χ0n) is 18.6. The number of fused-ring (bicyclic) bond motifs is 1. The average molecular weight is 438 g/mol. The van der Waals surface area contributed by atoms with Crippen LogP contribution in [0.2, 0.25) is 0 Å². The molecule has 2 rings (SSSR count). The number of esters is 2. The number of carbonyl (C=O) groups is 3. The number of benzene rings is 1. The molecule has 0 saturated heterocycles. The van der Waals surface area contributed by atoms with Gasteiger partial charge in [-0.1, -0.05) is 0 Å². The van der Waals surface area contributed by atoms with Crippen LogP contribution in [-0.2, 0) is 36.8 Å². The number of carbonyl (C=O) groups excluding carboxylic acids is 3. The second-order valence-corrected chi connectivity index (χ2v) is 7.10. The quantitative estimate of drug-likeness (QED) is 0.323. The second-order valence-electron chi connectivity index (χ2n) is 7.10. The molecule has 31 heavy (non-hydrogen) atoms. The lowest BCUT2D eigenvalue weighted by molar-refractivity contribution is -0.147. The molecule has 1 aliphatic rings. The maximum Gasteiger partial charge on any atom is 0.412 e. The summed E-state index contributed by atoms with van der Waals surface area (Å²) in [5.41, 5.74) is 2.23. The van der Waals surface area contributed by atoms with Crippen molar-refractivity contribution < 1.29 is 38.1 Å². The molecule has 0 spiro atoms. The molecule has 0 aliphatic carbocycles. The summed E-state index contributed by atoms with van der Waals surface area (Å²) in [5.74, 6) is 0.293. The number of methoxy groups -OCH3 is 4. The highest BCUT2D eigenvalue weighted by molar-refractivity contribution is 5.73. The first-order valence-corrected chi connectivity index (χ1v) is 9.83. The Kier molecular flexibility index (Phi) is 8.92. The van der Waals surface area contributed by atoms with Crippen LogP contribution in [0.3, 0.4) is 0 Å². The molecule has 0 radical (unpaired) electrons. The van der Waals surface area contributed by atoms with Crippen molar-refractivity contribution in [3.8, 4) is 11.5 Å². The highest BCUT2D eigenvalue weighted by Gasteiger charge is 2.31. The minimum absolute atomic E-state index is 0.0673. The van der Waals surface area contributed by atoms with Gasteiger partial charge in [0.05, 0.1) is 40.9 Å². The zero-order chi connectivity index (χ0) is 23.0. The molecule has 1 aromatic carbocycles. The molecule has 1 aliphatic heterocycles. The fraction of sp³-hybridized carbons (Fsp3) is 0.571. The van der Waals surface area contributed by atoms with Crippen molar-refractivity contribution in [3.05, 3.63) is 23.3 Å². The maximum absolute atomic E-state index is 12.3. The van der Waals surface area contributed by atoms with Gasteiger partial charge in [0.15, 0.2) is 18.2 Å². The van der Waals surface area contributed by atoms with Gasteiger partial charge in [-0.2, -0.15) is 0 Å². The second kappa shape index (κ2) is 11.4. The summed E-state index contributed by atoms with van der Waals surface area (Å²) in [4.78, 5) is 39.0. The van der Waals surface area contributed by atoms with Gasteiger partial charge in [-0.15, -0.1) is 0 Å². The van der Waals surface area contributed by atoms with E-state index in [1.54, 1.807) is 14.2 Å². The molecule has 172 valence electrons. The number of ether oxygens (including phenoxy) is 5. The van der Waals surface area contributed by atoms with Crippen molar-refractivity contribution in [2.24, 2.45) is 0 Å². The van der Waals surface area contributed by atoms with E-state index in [2.05, 4.69) is 4.90 Å². The van der Waals surface area contributed by atoms with Gasteiger partial charge < -0.3 is 23.7 Å². The standard InChI is InChI=1S/C21H30N2O8/c1-14(24)31-13-23(21(26)30-5)17(10-20(25)29-4)12-22-7-6-15-8-18(27-2)19(28-3)9-16(15)11-22/h8-9,17H,6-7,10-13H2,1-5H3/t17-/m0/s1. The number of hydrogen-bond acceptors (Lipinski definition) is 9. The summed E-state index contributed by atoms with van der Waals surface area (Å²) < 4.78 is 25.4. The average Bonchev–Trinajstić information content (AvgIpc) is 2.77. The number of nitrogens with zero attached hydrogens (tertiary/aromatic N) is 2. The summed E-state index contributed by atoms with van der Waals surface area (Å²) in [6.45, 7) is 2.59. The molecule has 1 amide bonds. The molecule has 10 nitrogen and oxygen atoms in total. The Morgan fingerprint density at radius 2 is 1.68 bits per heavy atom. The van der Waals surface area contributed by atoms with E-state index in [-0.39, 0.29) is 13.2 Å². The lowest BCUT2D eigenvalue weighted by Gasteiger charge is -2.36. The Morgan fingerprint density at radius 1 is 1.03 bits per heavy atom. The van der Waals surface area contributed by atoms with Crippen LogP contribution >= 0.6 is 0 Å². The normalized spacial score (nSPS) is 14.1. The molecule has 0 fully saturated rings. The Hall–Kier alpha value is -3.01. The number of amides is 1. The van der Waals surface area contributed by atoms with Gasteiger partial charge in [-0.3, -0.25) is 19.4 Å². The number of rotatable bonds is 9. The van der Waals surface area contributed by atoms with Crippen LogP contribution in [-0.4, -0.2) is 82.1 Å². The maximum atomic E-state index is 12.3. The molecular weight excluding hydrogens is 408 g/mol. The van der Waals surface area contributed by atoms with Gasteiger partial charge in [0.2, 0.25) is 0 Å². The van der Waals surface area contributed by atoms with Gasteiger partial charge in [0.1, 0.15) is 0 Å². The third-order valence-electron chi connectivity index (χ3n) is 5.15. The first-order chi connectivity index (χ1) is 14.8.